The summed E-state index contributed by atoms with van der Waals surface area (Å²) in [4.78, 5) is 10.7. The number of nitrogens with zero attached hydrogens (tertiary/aromatic N) is 1. The van der Waals surface area contributed by atoms with Crippen molar-refractivity contribution in [2.24, 2.45) is 11.7 Å². The van der Waals surface area contributed by atoms with Crippen molar-refractivity contribution in [3.05, 3.63) is 0 Å². The normalized spacial score (nSPS) is 21.2. The number of halogens is 1. The maximum absolute atomic E-state index is 12.1. The van der Waals surface area contributed by atoms with Gasteiger partial charge in [0.1, 0.15) is 0 Å². The summed E-state index contributed by atoms with van der Waals surface area (Å²) in [6, 6.07) is -0.568. The number of rotatable bonds is 7. The number of carbonyl (C=O) groups excluding carboxylic acids is 1. The van der Waals surface area contributed by atoms with Crippen molar-refractivity contribution in [3.8, 4) is 0 Å². The minimum Gasteiger partial charge on any atom is -0.352 e. The van der Waals surface area contributed by atoms with Crippen LogP contribution in [0.15, 0.2) is 0 Å². The van der Waals surface area contributed by atoms with E-state index >= 15 is 0 Å². The summed E-state index contributed by atoms with van der Waals surface area (Å²) in [5, 5.41) is 2.54. The van der Waals surface area contributed by atoms with E-state index in [1.54, 1.807) is 0 Å². The summed E-state index contributed by atoms with van der Waals surface area (Å²) in [6.07, 6.45) is 3.03. The van der Waals surface area contributed by atoms with E-state index in [1.165, 1.54) is 4.31 Å². The Labute approximate surface area is 119 Å². The number of hydrogen-bond donors (Lipinski definition) is 2. The highest BCUT2D eigenvalue weighted by atomic mass is 35.5. The van der Waals surface area contributed by atoms with Gasteiger partial charge in [-0.15, -0.1) is 11.6 Å². The molecule has 1 aliphatic rings. The number of piperidine rings is 1. The van der Waals surface area contributed by atoms with Crippen molar-refractivity contribution < 1.29 is 13.2 Å². The second-order valence-electron chi connectivity index (χ2n) is 4.82. The van der Waals surface area contributed by atoms with E-state index in [0.29, 0.717) is 38.4 Å². The number of primary amides is 1. The van der Waals surface area contributed by atoms with E-state index in [2.05, 4.69) is 5.32 Å². The Hall–Kier alpha value is -0.530. The van der Waals surface area contributed by atoms with Gasteiger partial charge >= 0.3 is 6.03 Å². The Kier molecular flexibility index (Phi) is 6.88. The highest BCUT2D eigenvalue weighted by Crippen LogP contribution is 2.19. The standard InChI is InChI=1S/C11H22ClN3O3S/c12-5-1-2-7-19(17,18)15-6-3-4-10(9-15)8-14-11(13)16/h10H,1-9H2,(H3,13,14,16). The first kappa shape index (κ1) is 16.5. The van der Waals surface area contributed by atoms with Gasteiger partial charge in [-0.05, 0) is 31.6 Å². The van der Waals surface area contributed by atoms with Crippen LogP contribution in [-0.4, -0.2) is 50.0 Å². The highest BCUT2D eigenvalue weighted by molar-refractivity contribution is 7.89. The van der Waals surface area contributed by atoms with Crippen molar-refractivity contribution in [1.29, 1.82) is 0 Å². The molecule has 1 aliphatic heterocycles. The summed E-state index contributed by atoms with van der Waals surface area (Å²) in [6.45, 7) is 1.46. The largest absolute Gasteiger partial charge is 0.352 e. The maximum atomic E-state index is 12.1. The number of carbonyl (C=O) groups is 1. The first-order valence-corrected chi connectivity index (χ1v) is 8.67. The van der Waals surface area contributed by atoms with E-state index in [0.717, 1.165) is 12.8 Å². The molecule has 112 valence electrons. The molecular formula is C11H22ClN3O3S. The average molecular weight is 312 g/mol. The van der Waals surface area contributed by atoms with Crippen LogP contribution < -0.4 is 11.1 Å². The molecule has 0 aliphatic carbocycles. The van der Waals surface area contributed by atoms with Crippen molar-refractivity contribution in [3.63, 3.8) is 0 Å². The number of unbranched alkanes of at least 4 members (excludes halogenated alkanes) is 1. The van der Waals surface area contributed by atoms with Gasteiger partial charge in [-0.1, -0.05) is 0 Å². The van der Waals surface area contributed by atoms with Crippen LogP contribution in [0.25, 0.3) is 0 Å². The van der Waals surface area contributed by atoms with Gasteiger partial charge in [0.25, 0.3) is 0 Å². The molecule has 1 saturated heterocycles. The molecule has 0 bridgehead atoms. The van der Waals surface area contributed by atoms with Crippen LogP contribution in [0.5, 0.6) is 0 Å². The molecule has 0 saturated carbocycles. The molecule has 0 aromatic rings. The summed E-state index contributed by atoms with van der Waals surface area (Å²) in [5.41, 5.74) is 5.02. The molecule has 1 rings (SSSR count). The smallest absolute Gasteiger partial charge is 0.312 e. The molecule has 1 fully saturated rings. The monoisotopic (exact) mass is 311 g/mol. The number of amides is 2. The Bertz CT molecular complexity index is 389. The van der Waals surface area contributed by atoms with Gasteiger partial charge in [0.15, 0.2) is 0 Å². The minimum absolute atomic E-state index is 0.143. The number of nitrogens with two attached hydrogens (primary N) is 1. The highest BCUT2D eigenvalue weighted by Gasteiger charge is 2.28. The molecule has 2 amide bonds. The van der Waals surface area contributed by atoms with Crippen LogP contribution in [0.1, 0.15) is 25.7 Å². The lowest BCUT2D eigenvalue weighted by atomic mass is 10.00. The Morgan fingerprint density at radius 3 is 2.79 bits per heavy atom. The van der Waals surface area contributed by atoms with Crippen molar-refractivity contribution >= 4 is 27.7 Å². The Morgan fingerprint density at radius 1 is 1.42 bits per heavy atom. The lowest BCUT2D eigenvalue weighted by molar-refractivity contribution is 0.236. The van der Waals surface area contributed by atoms with Gasteiger partial charge in [-0.25, -0.2) is 17.5 Å². The quantitative estimate of drug-likeness (QED) is 0.536. The fourth-order valence-electron chi connectivity index (χ4n) is 2.20. The third kappa shape index (κ3) is 5.97. The molecule has 8 heteroatoms. The number of alkyl halides is 1. The molecule has 0 aromatic heterocycles. The van der Waals surface area contributed by atoms with Crippen LogP contribution in [0.4, 0.5) is 4.79 Å². The van der Waals surface area contributed by atoms with E-state index in [9.17, 15) is 13.2 Å². The van der Waals surface area contributed by atoms with E-state index in [4.69, 9.17) is 17.3 Å². The molecule has 6 nitrogen and oxygen atoms in total. The van der Waals surface area contributed by atoms with Gasteiger partial charge in [0.05, 0.1) is 5.75 Å². The molecule has 1 unspecified atom stereocenters. The first-order valence-electron chi connectivity index (χ1n) is 6.53. The predicted molar refractivity (Wildman–Crippen MR) is 75.6 cm³/mol. The van der Waals surface area contributed by atoms with Crippen LogP contribution in [-0.2, 0) is 10.0 Å². The number of nitrogens with one attached hydrogen (secondary N) is 1. The first-order chi connectivity index (χ1) is 8.95. The summed E-state index contributed by atoms with van der Waals surface area (Å²) < 4.78 is 25.8. The second-order valence-corrected chi connectivity index (χ2v) is 7.29. The van der Waals surface area contributed by atoms with Crippen LogP contribution in [0.2, 0.25) is 0 Å². The Morgan fingerprint density at radius 2 is 2.16 bits per heavy atom. The fraction of sp³-hybridized carbons (Fsp3) is 0.909. The zero-order valence-electron chi connectivity index (χ0n) is 11.0. The summed E-state index contributed by atoms with van der Waals surface area (Å²) in [7, 11) is -3.20. The van der Waals surface area contributed by atoms with Crippen LogP contribution in [0.3, 0.4) is 0 Å². The minimum atomic E-state index is -3.20. The third-order valence-electron chi connectivity index (χ3n) is 3.23. The van der Waals surface area contributed by atoms with Crippen LogP contribution >= 0.6 is 11.6 Å². The molecular weight excluding hydrogens is 290 g/mol. The van der Waals surface area contributed by atoms with E-state index < -0.39 is 16.1 Å². The van der Waals surface area contributed by atoms with Gasteiger partial charge in [-0.2, -0.15) is 0 Å². The lowest BCUT2D eigenvalue weighted by Gasteiger charge is -2.31. The van der Waals surface area contributed by atoms with E-state index in [-0.39, 0.29) is 11.7 Å². The molecule has 3 N–H and O–H groups in total. The van der Waals surface area contributed by atoms with Gasteiger partial charge in [-0.3, -0.25) is 0 Å². The molecule has 0 spiro atoms. The number of hydrogen-bond acceptors (Lipinski definition) is 3. The Balaban J connectivity index is 2.46. The topological polar surface area (TPSA) is 92.5 Å². The maximum Gasteiger partial charge on any atom is 0.312 e. The second kappa shape index (κ2) is 7.91. The summed E-state index contributed by atoms with van der Waals surface area (Å²) in [5.74, 6) is 0.778. The molecule has 1 heterocycles. The lowest BCUT2D eigenvalue weighted by Crippen LogP contribution is -2.45. The molecule has 19 heavy (non-hydrogen) atoms. The van der Waals surface area contributed by atoms with E-state index in [1.807, 2.05) is 0 Å². The number of urea groups is 1. The zero-order chi connectivity index (χ0) is 14.3. The SMILES string of the molecule is NC(=O)NCC1CCCN(S(=O)(=O)CCCCCl)C1. The van der Waals surface area contributed by atoms with Crippen LogP contribution in [0, 0.1) is 5.92 Å². The van der Waals surface area contributed by atoms with Crippen molar-refractivity contribution in [1.82, 2.24) is 9.62 Å². The van der Waals surface area contributed by atoms with Crippen molar-refractivity contribution in [2.75, 3.05) is 31.3 Å². The molecule has 1 atom stereocenters. The average Bonchev–Trinajstić information content (AvgIpc) is 2.37. The van der Waals surface area contributed by atoms with Gasteiger partial charge in [0, 0.05) is 25.5 Å². The van der Waals surface area contributed by atoms with Gasteiger partial charge in [0.2, 0.25) is 10.0 Å². The molecule has 0 radical (unpaired) electrons. The fourth-order valence-corrected chi connectivity index (χ4v) is 4.06. The van der Waals surface area contributed by atoms with Gasteiger partial charge < -0.3 is 11.1 Å². The number of sulfonamides is 1. The summed E-state index contributed by atoms with van der Waals surface area (Å²) >= 11 is 5.55. The van der Waals surface area contributed by atoms with Crippen molar-refractivity contribution in [2.45, 2.75) is 25.7 Å². The predicted octanol–water partition coefficient (Wildman–Crippen LogP) is 0.715. The third-order valence-corrected chi connectivity index (χ3v) is 5.42. The zero-order valence-corrected chi connectivity index (χ0v) is 12.5. The molecule has 0 aromatic carbocycles.